The van der Waals surface area contributed by atoms with Crippen LogP contribution in [0.5, 0.6) is 5.75 Å². The second-order valence-corrected chi connectivity index (χ2v) is 4.41. The molecular weight excluding hydrogens is 411 g/mol. The monoisotopic (exact) mass is 428 g/mol. The first-order valence-corrected chi connectivity index (χ1v) is 6.54. The molecule has 0 amide bonds. The van der Waals surface area contributed by atoms with E-state index in [1.807, 2.05) is 12.1 Å². The Kier molecular flexibility index (Phi) is 7.26. The van der Waals surface area contributed by atoms with E-state index in [9.17, 15) is 10.1 Å². The lowest BCUT2D eigenvalue weighted by atomic mass is 10.2. The van der Waals surface area contributed by atoms with Crippen molar-refractivity contribution in [3.8, 4) is 5.75 Å². The van der Waals surface area contributed by atoms with Gasteiger partial charge in [-0.3, -0.25) is 10.1 Å². The maximum absolute atomic E-state index is 10.9. The van der Waals surface area contributed by atoms with Crippen molar-refractivity contribution in [3.05, 3.63) is 64.2 Å². The largest absolute Gasteiger partial charge is 0.495 e. The van der Waals surface area contributed by atoms with E-state index >= 15 is 0 Å². The lowest BCUT2D eigenvalue weighted by Gasteiger charge is -2.10. The number of nitro groups is 1. The third-order valence-corrected chi connectivity index (χ3v) is 2.98. The summed E-state index contributed by atoms with van der Waals surface area (Å²) in [6.45, 7) is 0.116. The number of hydrogen-bond acceptors (Lipinski definition) is 4. The Morgan fingerprint density at radius 1 is 1.26 bits per heavy atom. The predicted octanol–water partition coefficient (Wildman–Crippen LogP) is 3.15. The molecule has 0 spiro atoms. The van der Waals surface area contributed by atoms with Crippen LogP contribution in [0, 0.1) is 10.1 Å². The molecule has 3 N–H and O–H groups in total. The zero-order valence-electron chi connectivity index (χ0n) is 12.4. The number of nitro benzene ring substituents is 1. The van der Waals surface area contributed by atoms with Gasteiger partial charge in [0.25, 0.3) is 5.69 Å². The number of ether oxygens (including phenoxy) is 1. The Hall–Kier alpha value is -2.36. The van der Waals surface area contributed by atoms with Crippen LogP contribution in [0.2, 0.25) is 0 Å². The fourth-order valence-corrected chi connectivity index (χ4v) is 1.92. The van der Waals surface area contributed by atoms with Crippen LogP contribution in [0.3, 0.4) is 0 Å². The second-order valence-electron chi connectivity index (χ2n) is 4.41. The Bertz CT molecular complexity index is 707. The summed E-state index contributed by atoms with van der Waals surface area (Å²) in [6, 6.07) is 13.7. The fraction of sp³-hybridized carbons (Fsp3) is 0.133. The van der Waals surface area contributed by atoms with Gasteiger partial charge in [0.05, 0.1) is 29.8 Å². The fourth-order valence-electron chi connectivity index (χ4n) is 1.92. The third-order valence-electron chi connectivity index (χ3n) is 2.98. The average molecular weight is 428 g/mol. The molecule has 0 aliphatic rings. The van der Waals surface area contributed by atoms with Gasteiger partial charge in [-0.1, -0.05) is 30.3 Å². The zero-order valence-corrected chi connectivity index (χ0v) is 14.8. The molecule has 2 aromatic carbocycles. The van der Waals surface area contributed by atoms with Crippen LogP contribution >= 0.6 is 24.0 Å². The van der Waals surface area contributed by atoms with Gasteiger partial charge in [0.15, 0.2) is 5.96 Å². The van der Waals surface area contributed by atoms with Crippen molar-refractivity contribution in [2.75, 3.05) is 12.4 Å². The van der Waals surface area contributed by atoms with Crippen LogP contribution in [0.1, 0.15) is 5.56 Å². The Morgan fingerprint density at radius 3 is 2.61 bits per heavy atom. The standard InChI is InChI=1S/C15H16N4O3.HI/c1-22-14-9-5-3-7-12(14)18-15(16)17-10-11-6-2-4-8-13(11)19(20)21;/h2-9H,10H2,1H3,(H3,16,17,18);1H. The number of guanidine groups is 1. The number of halogens is 1. The summed E-state index contributed by atoms with van der Waals surface area (Å²) < 4.78 is 5.20. The molecule has 0 radical (unpaired) electrons. The summed E-state index contributed by atoms with van der Waals surface area (Å²) in [6.07, 6.45) is 0. The van der Waals surface area contributed by atoms with Crippen LogP contribution < -0.4 is 15.8 Å². The molecular formula is C15H17IN4O3. The molecule has 0 aliphatic heterocycles. The molecule has 122 valence electrons. The molecule has 0 aromatic heterocycles. The number of aliphatic imine (C=N–C) groups is 1. The van der Waals surface area contributed by atoms with Gasteiger partial charge in [0.1, 0.15) is 5.75 Å². The van der Waals surface area contributed by atoms with Crippen molar-refractivity contribution in [2.24, 2.45) is 10.7 Å². The molecule has 0 saturated carbocycles. The van der Waals surface area contributed by atoms with Gasteiger partial charge in [-0.2, -0.15) is 0 Å². The minimum atomic E-state index is -0.436. The van der Waals surface area contributed by atoms with Gasteiger partial charge in [-0.05, 0) is 12.1 Å². The van der Waals surface area contributed by atoms with Gasteiger partial charge >= 0.3 is 0 Å². The summed E-state index contributed by atoms with van der Waals surface area (Å²) in [5.41, 5.74) is 7.01. The van der Waals surface area contributed by atoms with Crippen LogP contribution in [-0.4, -0.2) is 18.0 Å². The highest BCUT2D eigenvalue weighted by atomic mass is 127. The van der Waals surface area contributed by atoms with Gasteiger partial charge < -0.3 is 15.8 Å². The number of rotatable bonds is 5. The minimum absolute atomic E-state index is 0. The van der Waals surface area contributed by atoms with Gasteiger partial charge in [0.2, 0.25) is 0 Å². The molecule has 0 fully saturated rings. The van der Waals surface area contributed by atoms with Crippen LogP contribution in [-0.2, 0) is 6.54 Å². The first-order chi connectivity index (χ1) is 10.6. The predicted molar refractivity (Wildman–Crippen MR) is 100 cm³/mol. The smallest absolute Gasteiger partial charge is 0.274 e. The summed E-state index contributed by atoms with van der Waals surface area (Å²) in [5, 5.41) is 13.8. The molecule has 2 aromatic rings. The highest BCUT2D eigenvalue weighted by molar-refractivity contribution is 14.0. The molecule has 0 aliphatic carbocycles. The van der Waals surface area contributed by atoms with Crippen molar-refractivity contribution in [1.82, 2.24) is 0 Å². The van der Waals surface area contributed by atoms with E-state index in [4.69, 9.17) is 10.5 Å². The molecule has 0 unspecified atom stereocenters. The van der Waals surface area contributed by atoms with Crippen LogP contribution in [0.4, 0.5) is 11.4 Å². The van der Waals surface area contributed by atoms with Crippen LogP contribution in [0.15, 0.2) is 53.5 Å². The number of nitrogens with two attached hydrogens (primary N) is 1. The van der Waals surface area contributed by atoms with E-state index in [1.165, 1.54) is 6.07 Å². The normalized spacial score (nSPS) is 10.6. The maximum atomic E-state index is 10.9. The van der Waals surface area contributed by atoms with Gasteiger partial charge in [-0.15, -0.1) is 24.0 Å². The number of nitrogens with zero attached hydrogens (tertiary/aromatic N) is 2. The third kappa shape index (κ3) is 5.09. The summed E-state index contributed by atoms with van der Waals surface area (Å²) >= 11 is 0. The van der Waals surface area contributed by atoms with E-state index in [0.29, 0.717) is 17.0 Å². The first kappa shape index (κ1) is 18.7. The Morgan fingerprint density at radius 2 is 1.91 bits per heavy atom. The maximum Gasteiger partial charge on any atom is 0.274 e. The Balaban J connectivity index is 0.00000264. The number of anilines is 1. The van der Waals surface area contributed by atoms with E-state index in [-0.39, 0.29) is 42.2 Å². The van der Waals surface area contributed by atoms with Crippen LogP contribution in [0.25, 0.3) is 0 Å². The first-order valence-electron chi connectivity index (χ1n) is 6.54. The SMILES string of the molecule is COc1ccccc1NC(N)=NCc1ccccc1[N+](=O)[O-].I. The lowest BCUT2D eigenvalue weighted by Crippen LogP contribution is -2.23. The molecule has 0 saturated heterocycles. The molecule has 8 heteroatoms. The highest BCUT2D eigenvalue weighted by Crippen LogP contribution is 2.23. The van der Waals surface area contributed by atoms with Crippen molar-refractivity contribution >= 4 is 41.3 Å². The summed E-state index contributed by atoms with van der Waals surface area (Å²) in [5.74, 6) is 0.786. The molecule has 0 atom stereocenters. The van der Waals surface area contributed by atoms with E-state index < -0.39 is 4.92 Å². The quantitative estimate of drug-likeness (QED) is 0.251. The van der Waals surface area contributed by atoms with Gasteiger partial charge in [0, 0.05) is 6.07 Å². The second kappa shape index (κ2) is 8.93. The molecule has 2 rings (SSSR count). The summed E-state index contributed by atoms with van der Waals surface area (Å²) in [4.78, 5) is 14.6. The van der Waals surface area contributed by atoms with Gasteiger partial charge in [-0.25, -0.2) is 4.99 Å². The van der Waals surface area contributed by atoms with E-state index in [1.54, 1.807) is 37.4 Å². The number of hydrogen-bond donors (Lipinski definition) is 2. The topological polar surface area (TPSA) is 103 Å². The van der Waals surface area contributed by atoms with Crippen molar-refractivity contribution in [1.29, 1.82) is 0 Å². The van der Waals surface area contributed by atoms with Crippen molar-refractivity contribution in [2.45, 2.75) is 6.54 Å². The molecule has 0 bridgehead atoms. The number of nitrogens with one attached hydrogen (secondary N) is 1. The van der Waals surface area contributed by atoms with E-state index in [2.05, 4.69) is 10.3 Å². The highest BCUT2D eigenvalue weighted by Gasteiger charge is 2.11. The summed E-state index contributed by atoms with van der Waals surface area (Å²) in [7, 11) is 1.56. The lowest BCUT2D eigenvalue weighted by molar-refractivity contribution is -0.385. The average Bonchev–Trinajstić information content (AvgIpc) is 2.53. The van der Waals surface area contributed by atoms with Crippen molar-refractivity contribution in [3.63, 3.8) is 0 Å². The van der Waals surface area contributed by atoms with Crippen molar-refractivity contribution < 1.29 is 9.66 Å². The minimum Gasteiger partial charge on any atom is -0.495 e. The number of para-hydroxylation sites is 3. The molecule has 23 heavy (non-hydrogen) atoms. The number of methoxy groups -OCH3 is 1. The molecule has 0 heterocycles. The zero-order chi connectivity index (χ0) is 15.9. The molecule has 7 nitrogen and oxygen atoms in total. The number of benzene rings is 2. The Labute approximate surface area is 150 Å². The van der Waals surface area contributed by atoms with E-state index in [0.717, 1.165) is 0 Å².